The molecule has 0 radical (unpaired) electrons. The van der Waals surface area contributed by atoms with Crippen LogP contribution in [0.3, 0.4) is 0 Å². The highest BCUT2D eigenvalue weighted by molar-refractivity contribution is 6.30. The van der Waals surface area contributed by atoms with Crippen LogP contribution >= 0.6 is 11.6 Å². The standard InChI is InChI=1S/C17H26ClNO/c1-12(2)14-5-4-9-19(10-8-14)13(3)16-11-15(18)6-7-17(16)20/h6-7,11-14,20H,4-5,8-10H2,1-3H3. The normalized spacial score (nSPS) is 22.8. The number of likely N-dealkylation sites (tertiary alicyclic amines) is 1. The van der Waals surface area contributed by atoms with Crippen LogP contribution in [-0.2, 0) is 0 Å². The molecule has 1 aliphatic heterocycles. The van der Waals surface area contributed by atoms with Gasteiger partial charge in [-0.3, -0.25) is 4.90 Å². The maximum absolute atomic E-state index is 10.1. The summed E-state index contributed by atoms with van der Waals surface area (Å²) in [5.74, 6) is 1.96. The second kappa shape index (κ2) is 6.82. The van der Waals surface area contributed by atoms with E-state index in [1.54, 1.807) is 12.1 Å². The fourth-order valence-corrected chi connectivity index (χ4v) is 3.44. The second-order valence-electron chi connectivity index (χ2n) is 6.35. The lowest BCUT2D eigenvalue weighted by atomic mass is 9.89. The molecule has 1 heterocycles. The maximum atomic E-state index is 10.1. The van der Waals surface area contributed by atoms with Crippen molar-refractivity contribution in [1.29, 1.82) is 0 Å². The molecule has 112 valence electrons. The van der Waals surface area contributed by atoms with Gasteiger partial charge >= 0.3 is 0 Å². The summed E-state index contributed by atoms with van der Waals surface area (Å²) in [6.45, 7) is 9.03. The van der Waals surface area contributed by atoms with Gasteiger partial charge in [-0.2, -0.15) is 0 Å². The van der Waals surface area contributed by atoms with E-state index in [2.05, 4.69) is 25.7 Å². The summed E-state index contributed by atoms with van der Waals surface area (Å²) >= 11 is 6.07. The topological polar surface area (TPSA) is 23.5 Å². The van der Waals surface area contributed by atoms with E-state index in [1.807, 2.05) is 6.07 Å². The molecule has 2 atom stereocenters. The van der Waals surface area contributed by atoms with Gasteiger partial charge in [0.25, 0.3) is 0 Å². The van der Waals surface area contributed by atoms with Crippen molar-refractivity contribution < 1.29 is 5.11 Å². The number of rotatable bonds is 3. The largest absolute Gasteiger partial charge is 0.508 e. The van der Waals surface area contributed by atoms with Gasteiger partial charge in [0.05, 0.1) is 0 Å². The molecule has 1 aliphatic rings. The number of halogens is 1. The Morgan fingerprint density at radius 2 is 1.95 bits per heavy atom. The Labute approximate surface area is 127 Å². The Kier molecular flexibility index (Phi) is 5.34. The molecule has 0 aliphatic carbocycles. The molecule has 1 aromatic carbocycles. The predicted molar refractivity (Wildman–Crippen MR) is 85.3 cm³/mol. The lowest BCUT2D eigenvalue weighted by Crippen LogP contribution is -2.28. The number of hydrogen-bond donors (Lipinski definition) is 1. The van der Waals surface area contributed by atoms with E-state index in [1.165, 1.54) is 19.3 Å². The number of nitrogens with zero attached hydrogens (tertiary/aromatic N) is 1. The first kappa shape index (κ1) is 15.7. The molecule has 0 bridgehead atoms. The third kappa shape index (κ3) is 3.67. The molecule has 1 fully saturated rings. The highest BCUT2D eigenvalue weighted by Gasteiger charge is 2.24. The van der Waals surface area contributed by atoms with Crippen molar-refractivity contribution in [3.8, 4) is 5.75 Å². The quantitative estimate of drug-likeness (QED) is 0.860. The van der Waals surface area contributed by atoms with Crippen LogP contribution < -0.4 is 0 Å². The van der Waals surface area contributed by atoms with Crippen LogP contribution in [0.25, 0.3) is 0 Å². The molecule has 1 aromatic rings. The van der Waals surface area contributed by atoms with Crippen LogP contribution in [0.15, 0.2) is 18.2 Å². The van der Waals surface area contributed by atoms with Gasteiger partial charge < -0.3 is 5.11 Å². The highest BCUT2D eigenvalue weighted by atomic mass is 35.5. The molecule has 2 nitrogen and oxygen atoms in total. The van der Waals surface area contributed by atoms with Crippen LogP contribution in [0.4, 0.5) is 0 Å². The minimum Gasteiger partial charge on any atom is -0.508 e. The van der Waals surface area contributed by atoms with Crippen LogP contribution in [0.2, 0.25) is 5.02 Å². The minimum atomic E-state index is 0.222. The molecule has 2 unspecified atom stereocenters. The van der Waals surface area contributed by atoms with Crippen LogP contribution in [0.5, 0.6) is 5.75 Å². The average molecular weight is 296 g/mol. The van der Waals surface area contributed by atoms with E-state index in [-0.39, 0.29) is 6.04 Å². The van der Waals surface area contributed by atoms with E-state index in [9.17, 15) is 5.11 Å². The molecule has 1 saturated heterocycles. The number of phenolic OH excluding ortho intramolecular Hbond substituents is 1. The molecule has 0 amide bonds. The van der Waals surface area contributed by atoms with E-state index >= 15 is 0 Å². The number of phenols is 1. The Morgan fingerprint density at radius 1 is 1.20 bits per heavy atom. The first-order valence-corrected chi connectivity index (χ1v) is 8.09. The van der Waals surface area contributed by atoms with Gasteiger partial charge in [-0.1, -0.05) is 25.4 Å². The molecular weight excluding hydrogens is 270 g/mol. The van der Waals surface area contributed by atoms with Gasteiger partial charge in [0.1, 0.15) is 5.75 Å². The maximum Gasteiger partial charge on any atom is 0.120 e. The van der Waals surface area contributed by atoms with E-state index < -0.39 is 0 Å². The predicted octanol–water partition coefficient (Wildman–Crippen LogP) is 4.86. The monoisotopic (exact) mass is 295 g/mol. The van der Waals surface area contributed by atoms with Crippen molar-refractivity contribution in [2.75, 3.05) is 13.1 Å². The second-order valence-corrected chi connectivity index (χ2v) is 6.79. The molecular formula is C17H26ClNO. The lowest BCUT2D eigenvalue weighted by molar-refractivity contribution is 0.209. The molecule has 3 heteroatoms. The van der Waals surface area contributed by atoms with Crippen molar-refractivity contribution in [1.82, 2.24) is 4.90 Å². The molecule has 20 heavy (non-hydrogen) atoms. The van der Waals surface area contributed by atoms with Gasteiger partial charge in [-0.15, -0.1) is 0 Å². The zero-order valence-electron chi connectivity index (χ0n) is 12.8. The zero-order valence-corrected chi connectivity index (χ0v) is 13.5. The summed E-state index contributed by atoms with van der Waals surface area (Å²) in [5.41, 5.74) is 0.945. The Hall–Kier alpha value is -0.730. The van der Waals surface area contributed by atoms with Gasteiger partial charge in [0.2, 0.25) is 0 Å². The fraction of sp³-hybridized carbons (Fsp3) is 0.647. The average Bonchev–Trinajstić information content (AvgIpc) is 2.66. The Morgan fingerprint density at radius 3 is 2.65 bits per heavy atom. The van der Waals surface area contributed by atoms with Gasteiger partial charge in [0.15, 0.2) is 0 Å². The Balaban J connectivity index is 2.09. The fourth-order valence-electron chi connectivity index (χ4n) is 3.26. The molecule has 2 rings (SSSR count). The van der Waals surface area contributed by atoms with E-state index in [4.69, 9.17) is 11.6 Å². The minimum absolute atomic E-state index is 0.222. The van der Waals surface area contributed by atoms with Crippen molar-refractivity contribution >= 4 is 11.6 Å². The first-order chi connectivity index (χ1) is 9.49. The molecule has 1 N–H and O–H groups in total. The van der Waals surface area contributed by atoms with Gasteiger partial charge in [-0.05, 0) is 69.3 Å². The van der Waals surface area contributed by atoms with Crippen molar-refractivity contribution in [3.63, 3.8) is 0 Å². The lowest BCUT2D eigenvalue weighted by Gasteiger charge is -2.29. The summed E-state index contributed by atoms with van der Waals surface area (Å²) < 4.78 is 0. The van der Waals surface area contributed by atoms with E-state index in [0.29, 0.717) is 10.8 Å². The summed E-state index contributed by atoms with van der Waals surface area (Å²) in [6, 6.07) is 5.55. The first-order valence-electron chi connectivity index (χ1n) is 7.71. The number of benzene rings is 1. The van der Waals surface area contributed by atoms with Crippen molar-refractivity contribution in [2.24, 2.45) is 11.8 Å². The van der Waals surface area contributed by atoms with Crippen LogP contribution in [0.1, 0.15) is 51.6 Å². The third-order valence-electron chi connectivity index (χ3n) is 4.74. The SMILES string of the molecule is CC(C)C1CCCN(C(C)c2cc(Cl)ccc2O)CC1. The number of aromatic hydroxyl groups is 1. The van der Waals surface area contributed by atoms with Gasteiger partial charge in [0, 0.05) is 16.6 Å². The van der Waals surface area contributed by atoms with Crippen LogP contribution in [0, 0.1) is 11.8 Å². The molecule has 0 spiro atoms. The number of hydrogen-bond acceptors (Lipinski definition) is 2. The summed E-state index contributed by atoms with van der Waals surface area (Å²) in [6.07, 6.45) is 3.82. The van der Waals surface area contributed by atoms with Crippen molar-refractivity contribution in [3.05, 3.63) is 28.8 Å². The molecule has 0 saturated carbocycles. The molecule has 0 aromatic heterocycles. The van der Waals surface area contributed by atoms with E-state index in [0.717, 1.165) is 30.5 Å². The third-order valence-corrected chi connectivity index (χ3v) is 4.97. The summed E-state index contributed by atoms with van der Waals surface area (Å²) in [7, 11) is 0. The van der Waals surface area contributed by atoms with Crippen LogP contribution in [-0.4, -0.2) is 23.1 Å². The zero-order chi connectivity index (χ0) is 14.7. The smallest absolute Gasteiger partial charge is 0.120 e. The highest BCUT2D eigenvalue weighted by Crippen LogP contribution is 2.33. The van der Waals surface area contributed by atoms with Crippen molar-refractivity contribution in [2.45, 2.75) is 46.1 Å². The Bertz CT molecular complexity index is 447. The summed E-state index contributed by atoms with van der Waals surface area (Å²) in [4.78, 5) is 2.48. The van der Waals surface area contributed by atoms with Gasteiger partial charge in [-0.25, -0.2) is 0 Å². The summed E-state index contributed by atoms with van der Waals surface area (Å²) in [5, 5.41) is 10.8.